The van der Waals surface area contributed by atoms with E-state index < -0.39 is 0 Å². The van der Waals surface area contributed by atoms with Gasteiger partial charge in [0.1, 0.15) is 28.8 Å². The number of carbonyl (C=O) groups is 1. The fourth-order valence-electron chi connectivity index (χ4n) is 3.25. The van der Waals surface area contributed by atoms with E-state index in [1.54, 1.807) is 16.8 Å². The van der Waals surface area contributed by atoms with E-state index in [4.69, 9.17) is 4.74 Å². The first-order valence-electron chi connectivity index (χ1n) is 9.15. The molecular formula is C21H21FN4O2. The Morgan fingerprint density at radius 2 is 1.86 bits per heavy atom. The highest BCUT2D eigenvalue weighted by Gasteiger charge is 2.26. The number of aromatic nitrogens is 2. The number of hydrogen-bond donors (Lipinski definition) is 2. The van der Waals surface area contributed by atoms with Crippen LogP contribution in [0.25, 0.3) is 0 Å². The van der Waals surface area contributed by atoms with Gasteiger partial charge in [0.05, 0.1) is 5.69 Å². The lowest BCUT2D eigenvalue weighted by atomic mass is 10.2. The summed E-state index contributed by atoms with van der Waals surface area (Å²) in [7, 11) is 0. The molecule has 3 aromatic rings. The minimum Gasteiger partial charge on any atom is -0.457 e. The number of amides is 1. The van der Waals surface area contributed by atoms with Crippen molar-refractivity contribution in [3.8, 4) is 11.5 Å². The van der Waals surface area contributed by atoms with Gasteiger partial charge < -0.3 is 15.5 Å². The molecule has 0 saturated heterocycles. The zero-order valence-electron chi connectivity index (χ0n) is 15.7. The zero-order valence-corrected chi connectivity index (χ0v) is 15.7. The van der Waals surface area contributed by atoms with Gasteiger partial charge in [-0.3, -0.25) is 4.79 Å². The number of nitrogens with one attached hydrogen (secondary N) is 2. The van der Waals surface area contributed by atoms with Crippen molar-refractivity contribution in [2.24, 2.45) is 0 Å². The van der Waals surface area contributed by atoms with Crippen LogP contribution in [0.1, 0.15) is 34.5 Å². The number of rotatable bonds is 5. The number of carbonyl (C=O) groups excluding carboxylic acids is 1. The van der Waals surface area contributed by atoms with Gasteiger partial charge in [0.15, 0.2) is 0 Å². The lowest BCUT2D eigenvalue weighted by molar-refractivity contribution is 0.0942. The number of fused-ring (bicyclic) bond motifs is 1. The predicted octanol–water partition coefficient (Wildman–Crippen LogP) is 3.54. The van der Waals surface area contributed by atoms with E-state index in [1.807, 2.05) is 31.2 Å². The molecule has 0 radical (unpaired) electrons. The summed E-state index contributed by atoms with van der Waals surface area (Å²) >= 11 is 0. The average molecular weight is 380 g/mol. The monoisotopic (exact) mass is 380 g/mol. The van der Waals surface area contributed by atoms with Crippen LogP contribution >= 0.6 is 0 Å². The lowest BCUT2D eigenvalue weighted by Crippen LogP contribution is -2.29. The van der Waals surface area contributed by atoms with Gasteiger partial charge in [0.25, 0.3) is 5.91 Å². The van der Waals surface area contributed by atoms with Gasteiger partial charge in [-0.2, -0.15) is 0 Å². The van der Waals surface area contributed by atoms with E-state index in [1.165, 1.54) is 12.1 Å². The number of hydrogen-bond acceptors (Lipinski definition) is 4. The molecule has 4 rings (SSSR count). The Morgan fingerprint density at radius 3 is 2.54 bits per heavy atom. The Bertz CT molecular complexity index is 996. The summed E-state index contributed by atoms with van der Waals surface area (Å²) in [6.07, 6.45) is 0.809. The summed E-state index contributed by atoms with van der Waals surface area (Å²) in [5.74, 6) is 1.63. The third-order valence-corrected chi connectivity index (χ3v) is 4.60. The van der Waals surface area contributed by atoms with Crippen LogP contribution in [0, 0.1) is 12.7 Å². The van der Waals surface area contributed by atoms with Crippen molar-refractivity contribution < 1.29 is 13.9 Å². The first kappa shape index (κ1) is 18.0. The average Bonchev–Trinajstić information content (AvgIpc) is 3.17. The normalized spacial score (nSPS) is 15.0. The second kappa shape index (κ2) is 7.34. The van der Waals surface area contributed by atoms with Gasteiger partial charge in [0.2, 0.25) is 0 Å². The first-order chi connectivity index (χ1) is 13.5. The van der Waals surface area contributed by atoms with E-state index in [-0.39, 0.29) is 17.8 Å². The number of nitrogens with zero attached hydrogens (tertiary/aromatic N) is 2. The predicted molar refractivity (Wildman–Crippen MR) is 104 cm³/mol. The molecule has 1 amide bonds. The molecular weight excluding hydrogens is 359 g/mol. The van der Waals surface area contributed by atoms with Crippen LogP contribution in [0.3, 0.4) is 0 Å². The standard InChI is InChI=1S/C21H21FN4O2/c1-13-11-19-24-14(2)20(26(19)25-13)21(27)23-12-15-3-7-17(8-4-15)28-18-9-5-16(22)6-10-18/h3-10,13,25H,11-12H2,1-2H3,(H,23,27). The van der Waals surface area contributed by atoms with Crippen molar-refractivity contribution in [2.75, 3.05) is 5.43 Å². The molecule has 2 aromatic carbocycles. The largest absolute Gasteiger partial charge is 0.457 e. The molecule has 1 aromatic heterocycles. The summed E-state index contributed by atoms with van der Waals surface area (Å²) in [4.78, 5) is 17.1. The molecule has 1 unspecified atom stereocenters. The van der Waals surface area contributed by atoms with Crippen molar-refractivity contribution >= 4 is 5.91 Å². The molecule has 1 atom stereocenters. The van der Waals surface area contributed by atoms with Crippen LogP contribution < -0.4 is 15.5 Å². The SMILES string of the molecule is Cc1nc2n(c1C(=O)NCc1ccc(Oc3ccc(F)cc3)cc1)NC(C)C2. The zero-order chi connectivity index (χ0) is 19.7. The maximum atomic E-state index is 12.9. The number of aryl methyl sites for hydroxylation is 1. The molecule has 2 heterocycles. The van der Waals surface area contributed by atoms with Gasteiger partial charge in [-0.25, -0.2) is 14.1 Å². The highest BCUT2D eigenvalue weighted by molar-refractivity contribution is 5.94. The number of imidazole rings is 1. The lowest BCUT2D eigenvalue weighted by Gasteiger charge is -2.11. The van der Waals surface area contributed by atoms with E-state index in [2.05, 4.69) is 22.7 Å². The molecule has 28 heavy (non-hydrogen) atoms. The molecule has 0 spiro atoms. The Morgan fingerprint density at radius 1 is 1.21 bits per heavy atom. The molecule has 144 valence electrons. The molecule has 2 N–H and O–H groups in total. The van der Waals surface area contributed by atoms with Crippen LogP contribution in [0.4, 0.5) is 4.39 Å². The van der Waals surface area contributed by atoms with Crippen LogP contribution in [-0.2, 0) is 13.0 Å². The minimum absolute atomic E-state index is 0.163. The summed E-state index contributed by atoms with van der Waals surface area (Å²) in [6, 6.07) is 13.5. The number of benzene rings is 2. The van der Waals surface area contributed by atoms with Crippen LogP contribution in [0.15, 0.2) is 48.5 Å². The molecule has 0 bridgehead atoms. The summed E-state index contributed by atoms with van der Waals surface area (Å²) in [5.41, 5.74) is 5.47. The highest BCUT2D eigenvalue weighted by atomic mass is 19.1. The highest BCUT2D eigenvalue weighted by Crippen LogP contribution is 2.22. The molecule has 1 aliphatic heterocycles. The second-order valence-corrected chi connectivity index (χ2v) is 6.91. The molecule has 1 aliphatic rings. The first-order valence-corrected chi connectivity index (χ1v) is 9.15. The summed E-state index contributed by atoms with van der Waals surface area (Å²) in [6.45, 7) is 4.29. The maximum Gasteiger partial charge on any atom is 0.272 e. The van der Waals surface area contributed by atoms with Gasteiger partial charge >= 0.3 is 0 Å². The Balaban J connectivity index is 1.38. The van der Waals surface area contributed by atoms with E-state index in [9.17, 15) is 9.18 Å². The van der Waals surface area contributed by atoms with Crippen molar-refractivity contribution in [3.05, 3.63) is 77.1 Å². The third-order valence-electron chi connectivity index (χ3n) is 4.60. The fourth-order valence-corrected chi connectivity index (χ4v) is 3.25. The maximum absolute atomic E-state index is 12.9. The van der Waals surface area contributed by atoms with Crippen molar-refractivity contribution in [1.82, 2.24) is 15.0 Å². The summed E-state index contributed by atoms with van der Waals surface area (Å²) < 4.78 is 20.4. The smallest absolute Gasteiger partial charge is 0.272 e. The molecule has 6 nitrogen and oxygen atoms in total. The van der Waals surface area contributed by atoms with E-state index in [0.29, 0.717) is 23.7 Å². The minimum atomic E-state index is -0.304. The van der Waals surface area contributed by atoms with Gasteiger partial charge in [-0.05, 0) is 55.8 Å². The molecule has 0 saturated carbocycles. The Labute approximate surface area is 162 Å². The summed E-state index contributed by atoms with van der Waals surface area (Å²) in [5, 5.41) is 2.94. The van der Waals surface area contributed by atoms with Gasteiger partial charge in [-0.1, -0.05) is 12.1 Å². The van der Waals surface area contributed by atoms with E-state index in [0.717, 1.165) is 23.5 Å². The van der Waals surface area contributed by atoms with Crippen molar-refractivity contribution in [3.63, 3.8) is 0 Å². The number of ether oxygens (including phenoxy) is 1. The van der Waals surface area contributed by atoms with Gasteiger partial charge in [0, 0.05) is 19.0 Å². The number of halogens is 1. The van der Waals surface area contributed by atoms with Crippen molar-refractivity contribution in [1.29, 1.82) is 0 Å². The van der Waals surface area contributed by atoms with Crippen molar-refractivity contribution in [2.45, 2.75) is 32.9 Å². The van der Waals surface area contributed by atoms with Gasteiger partial charge in [-0.15, -0.1) is 0 Å². The van der Waals surface area contributed by atoms with Crippen LogP contribution in [-0.4, -0.2) is 21.6 Å². The van der Waals surface area contributed by atoms with Crippen LogP contribution in [0.5, 0.6) is 11.5 Å². The Kier molecular flexibility index (Phi) is 4.73. The quantitative estimate of drug-likeness (QED) is 0.710. The topological polar surface area (TPSA) is 68.2 Å². The van der Waals surface area contributed by atoms with Crippen LogP contribution in [0.2, 0.25) is 0 Å². The molecule has 0 aliphatic carbocycles. The second-order valence-electron chi connectivity index (χ2n) is 6.91. The fraction of sp³-hybridized carbons (Fsp3) is 0.238. The molecule has 0 fully saturated rings. The molecule has 7 heteroatoms. The third kappa shape index (κ3) is 3.69. The Hall–Kier alpha value is -3.35. The van der Waals surface area contributed by atoms with E-state index >= 15 is 0 Å².